The van der Waals surface area contributed by atoms with Gasteiger partial charge in [-0.1, -0.05) is 12.1 Å². The van der Waals surface area contributed by atoms with Gasteiger partial charge in [0.2, 0.25) is 5.91 Å². The van der Waals surface area contributed by atoms with Gasteiger partial charge in [-0.2, -0.15) is 13.2 Å². The molecule has 1 aromatic carbocycles. The van der Waals surface area contributed by atoms with Crippen LogP contribution in [0.1, 0.15) is 18.1 Å². The topological polar surface area (TPSA) is 55.4 Å². The van der Waals surface area contributed by atoms with Gasteiger partial charge in [-0.25, -0.2) is 4.79 Å². The third kappa shape index (κ3) is 4.56. The van der Waals surface area contributed by atoms with Crippen molar-refractivity contribution in [3.8, 4) is 0 Å². The van der Waals surface area contributed by atoms with E-state index in [2.05, 4.69) is 10.1 Å². The minimum Gasteiger partial charge on any atom is -0.467 e. The number of ether oxygens (including phenoxy) is 1. The Morgan fingerprint density at radius 1 is 1.25 bits per heavy atom. The quantitative estimate of drug-likeness (QED) is 0.862. The number of benzene rings is 1. The number of carbonyl (C=O) groups is 2. The van der Waals surface area contributed by atoms with E-state index >= 15 is 0 Å². The zero-order valence-corrected chi connectivity index (χ0v) is 11.0. The molecule has 0 aromatic heterocycles. The maximum atomic E-state index is 12.4. The fourth-order valence-corrected chi connectivity index (χ4v) is 1.53. The Morgan fingerprint density at radius 2 is 1.80 bits per heavy atom. The Balaban J connectivity index is 2.61. The molecule has 0 aliphatic carbocycles. The van der Waals surface area contributed by atoms with Gasteiger partial charge in [0, 0.05) is 0 Å². The van der Waals surface area contributed by atoms with Gasteiger partial charge in [0.1, 0.15) is 6.04 Å². The standard InChI is InChI=1S/C13H14F3NO3/c1-8(12(19)20-2)17-11(18)7-9-3-5-10(6-4-9)13(14,15)16/h3-6,8H,7H2,1-2H3,(H,17,18)/t8-/m1/s1. The normalized spacial score (nSPS) is 12.7. The molecular weight excluding hydrogens is 275 g/mol. The molecule has 0 heterocycles. The van der Waals surface area contributed by atoms with Crippen LogP contribution in [0.2, 0.25) is 0 Å². The van der Waals surface area contributed by atoms with Crippen molar-refractivity contribution in [2.45, 2.75) is 25.6 Å². The van der Waals surface area contributed by atoms with Gasteiger partial charge in [0.05, 0.1) is 19.1 Å². The molecule has 0 unspecified atom stereocenters. The lowest BCUT2D eigenvalue weighted by Gasteiger charge is -2.12. The van der Waals surface area contributed by atoms with E-state index in [0.717, 1.165) is 12.1 Å². The molecule has 110 valence electrons. The molecule has 1 rings (SSSR count). The third-order valence-corrected chi connectivity index (χ3v) is 2.58. The Bertz CT molecular complexity index is 483. The highest BCUT2D eigenvalue weighted by Crippen LogP contribution is 2.29. The van der Waals surface area contributed by atoms with Crippen molar-refractivity contribution in [3.63, 3.8) is 0 Å². The minimum atomic E-state index is -4.40. The average Bonchev–Trinajstić information content (AvgIpc) is 2.37. The molecule has 0 radical (unpaired) electrons. The van der Waals surface area contributed by atoms with Crippen LogP contribution >= 0.6 is 0 Å². The number of rotatable bonds is 4. The van der Waals surface area contributed by atoms with Crippen molar-refractivity contribution in [1.82, 2.24) is 5.32 Å². The second kappa shape index (κ2) is 6.40. The molecule has 0 spiro atoms. The third-order valence-electron chi connectivity index (χ3n) is 2.58. The van der Waals surface area contributed by atoms with Crippen LogP contribution in [0.15, 0.2) is 24.3 Å². The molecule has 7 heteroatoms. The van der Waals surface area contributed by atoms with Crippen LogP contribution in [-0.4, -0.2) is 25.0 Å². The van der Waals surface area contributed by atoms with Gasteiger partial charge >= 0.3 is 12.1 Å². The summed E-state index contributed by atoms with van der Waals surface area (Å²) in [4.78, 5) is 22.7. The van der Waals surface area contributed by atoms with Gasteiger partial charge in [0.15, 0.2) is 0 Å². The lowest BCUT2D eigenvalue weighted by molar-refractivity contribution is -0.144. The summed E-state index contributed by atoms with van der Waals surface area (Å²) < 4.78 is 41.5. The average molecular weight is 289 g/mol. The summed E-state index contributed by atoms with van der Waals surface area (Å²) in [7, 11) is 1.20. The Hall–Kier alpha value is -2.05. The van der Waals surface area contributed by atoms with Crippen LogP contribution in [-0.2, 0) is 26.9 Å². The van der Waals surface area contributed by atoms with Crippen LogP contribution < -0.4 is 5.32 Å². The molecule has 0 saturated carbocycles. The van der Waals surface area contributed by atoms with E-state index in [-0.39, 0.29) is 6.42 Å². The predicted octanol–water partition coefficient (Wildman–Crippen LogP) is 1.93. The molecule has 1 atom stereocenters. The van der Waals surface area contributed by atoms with Crippen molar-refractivity contribution < 1.29 is 27.5 Å². The van der Waals surface area contributed by atoms with Crippen molar-refractivity contribution >= 4 is 11.9 Å². The molecule has 1 aromatic rings. The van der Waals surface area contributed by atoms with E-state index < -0.39 is 29.7 Å². The SMILES string of the molecule is COC(=O)[C@@H](C)NC(=O)Cc1ccc(C(F)(F)F)cc1. The van der Waals surface area contributed by atoms with E-state index in [4.69, 9.17) is 0 Å². The molecule has 1 amide bonds. The Labute approximate surface area is 113 Å². The summed E-state index contributed by atoms with van der Waals surface area (Å²) in [5, 5.41) is 2.39. The molecule has 0 aliphatic rings. The zero-order valence-electron chi connectivity index (χ0n) is 11.0. The smallest absolute Gasteiger partial charge is 0.416 e. The molecule has 0 saturated heterocycles. The number of hydrogen-bond acceptors (Lipinski definition) is 3. The number of carbonyl (C=O) groups excluding carboxylic acids is 2. The van der Waals surface area contributed by atoms with Crippen molar-refractivity contribution in [3.05, 3.63) is 35.4 Å². The molecular formula is C13H14F3NO3. The van der Waals surface area contributed by atoms with E-state index in [1.54, 1.807) is 0 Å². The second-order valence-electron chi connectivity index (χ2n) is 4.18. The number of nitrogens with one attached hydrogen (secondary N) is 1. The summed E-state index contributed by atoms with van der Waals surface area (Å²) in [6, 6.07) is 3.47. The van der Waals surface area contributed by atoms with Crippen LogP contribution in [0.4, 0.5) is 13.2 Å². The molecule has 20 heavy (non-hydrogen) atoms. The van der Waals surface area contributed by atoms with Gasteiger partial charge in [-0.3, -0.25) is 4.79 Å². The first kappa shape index (κ1) is 16.0. The maximum Gasteiger partial charge on any atom is 0.416 e. The molecule has 4 nitrogen and oxygen atoms in total. The largest absolute Gasteiger partial charge is 0.467 e. The summed E-state index contributed by atoms with van der Waals surface area (Å²) >= 11 is 0. The van der Waals surface area contributed by atoms with Crippen LogP contribution in [0.5, 0.6) is 0 Å². The highest BCUT2D eigenvalue weighted by molar-refractivity contribution is 5.85. The molecule has 0 fully saturated rings. The first-order chi connectivity index (χ1) is 9.24. The lowest BCUT2D eigenvalue weighted by Crippen LogP contribution is -2.39. The van der Waals surface area contributed by atoms with Gasteiger partial charge in [-0.05, 0) is 24.6 Å². The Morgan fingerprint density at radius 3 is 2.25 bits per heavy atom. The number of amides is 1. The van der Waals surface area contributed by atoms with Crippen LogP contribution in [0.25, 0.3) is 0 Å². The maximum absolute atomic E-state index is 12.4. The fraction of sp³-hybridized carbons (Fsp3) is 0.385. The van der Waals surface area contributed by atoms with E-state index in [9.17, 15) is 22.8 Å². The summed E-state index contributed by atoms with van der Waals surface area (Å²) in [5.41, 5.74) is -0.350. The molecule has 0 bridgehead atoms. The monoisotopic (exact) mass is 289 g/mol. The summed E-state index contributed by atoms with van der Waals surface area (Å²) in [6.07, 6.45) is -4.51. The first-order valence-corrected chi connectivity index (χ1v) is 5.77. The fourth-order valence-electron chi connectivity index (χ4n) is 1.53. The highest BCUT2D eigenvalue weighted by atomic mass is 19.4. The number of alkyl halides is 3. The Kier molecular flexibility index (Phi) is 5.12. The first-order valence-electron chi connectivity index (χ1n) is 5.77. The summed E-state index contributed by atoms with van der Waals surface area (Å²) in [5.74, 6) is -1.06. The van der Waals surface area contributed by atoms with Crippen LogP contribution in [0, 0.1) is 0 Å². The van der Waals surface area contributed by atoms with Crippen molar-refractivity contribution in [2.75, 3.05) is 7.11 Å². The minimum absolute atomic E-state index is 0.112. The van der Waals surface area contributed by atoms with E-state index in [1.807, 2.05) is 0 Å². The zero-order chi connectivity index (χ0) is 15.3. The van der Waals surface area contributed by atoms with E-state index in [1.165, 1.54) is 26.2 Å². The van der Waals surface area contributed by atoms with Gasteiger partial charge < -0.3 is 10.1 Å². The predicted molar refractivity (Wildman–Crippen MR) is 64.8 cm³/mol. The lowest BCUT2D eigenvalue weighted by atomic mass is 10.1. The van der Waals surface area contributed by atoms with Crippen LogP contribution in [0.3, 0.4) is 0 Å². The molecule has 1 N–H and O–H groups in total. The number of esters is 1. The second-order valence-corrected chi connectivity index (χ2v) is 4.18. The number of hydrogen-bond donors (Lipinski definition) is 1. The van der Waals surface area contributed by atoms with Crippen molar-refractivity contribution in [1.29, 1.82) is 0 Å². The molecule has 0 aliphatic heterocycles. The van der Waals surface area contributed by atoms with E-state index in [0.29, 0.717) is 5.56 Å². The summed E-state index contributed by atoms with van der Waals surface area (Å²) in [6.45, 7) is 1.45. The van der Waals surface area contributed by atoms with Gasteiger partial charge in [0.25, 0.3) is 0 Å². The van der Waals surface area contributed by atoms with Crippen molar-refractivity contribution in [2.24, 2.45) is 0 Å². The highest BCUT2D eigenvalue weighted by Gasteiger charge is 2.30. The number of halogens is 3. The number of methoxy groups -OCH3 is 1. The van der Waals surface area contributed by atoms with Gasteiger partial charge in [-0.15, -0.1) is 0 Å².